The van der Waals surface area contributed by atoms with Crippen LogP contribution in [0.1, 0.15) is 31.5 Å². The lowest BCUT2D eigenvalue weighted by atomic mass is 9.86. The molecule has 0 spiro atoms. The molecule has 2 N–H and O–H groups in total. The number of rotatable bonds is 4. The van der Waals surface area contributed by atoms with E-state index in [0.29, 0.717) is 5.92 Å². The summed E-state index contributed by atoms with van der Waals surface area (Å²) in [5, 5.41) is 17.2. The highest BCUT2D eigenvalue weighted by Crippen LogP contribution is 2.23. The average molecular weight is 224 g/mol. The Labute approximate surface area is 95.9 Å². The summed E-state index contributed by atoms with van der Waals surface area (Å²) in [6, 6.07) is 0. The molecule has 1 aromatic rings. The van der Waals surface area contributed by atoms with Gasteiger partial charge < -0.3 is 10.4 Å². The summed E-state index contributed by atoms with van der Waals surface area (Å²) < 4.78 is 1.77. The van der Waals surface area contributed by atoms with Crippen LogP contribution in [0.5, 0.6) is 0 Å². The van der Waals surface area contributed by atoms with E-state index < -0.39 is 0 Å². The maximum absolute atomic E-state index is 9.81. The molecule has 0 saturated heterocycles. The van der Waals surface area contributed by atoms with Crippen LogP contribution in [0.3, 0.4) is 0 Å². The molecule has 0 aliphatic heterocycles. The van der Waals surface area contributed by atoms with Crippen molar-refractivity contribution < 1.29 is 5.11 Å². The zero-order chi connectivity index (χ0) is 11.4. The monoisotopic (exact) mass is 224 g/mol. The molecule has 2 rings (SSSR count). The van der Waals surface area contributed by atoms with Gasteiger partial charge in [0.15, 0.2) is 0 Å². The van der Waals surface area contributed by atoms with Gasteiger partial charge >= 0.3 is 0 Å². The van der Waals surface area contributed by atoms with Gasteiger partial charge in [-0.05, 0) is 18.8 Å². The zero-order valence-electron chi connectivity index (χ0n) is 9.76. The van der Waals surface area contributed by atoms with Gasteiger partial charge in [0, 0.05) is 13.6 Å². The average Bonchev–Trinajstić information content (AvgIpc) is 2.67. The van der Waals surface area contributed by atoms with E-state index in [0.717, 1.165) is 31.8 Å². The van der Waals surface area contributed by atoms with Gasteiger partial charge in [-0.1, -0.05) is 12.8 Å². The van der Waals surface area contributed by atoms with Crippen molar-refractivity contribution in [3.05, 3.63) is 12.2 Å². The topological polar surface area (TPSA) is 63.0 Å². The number of aliphatic hydroxyl groups excluding tert-OH is 1. The van der Waals surface area contributed by atoms with E-state index in [4.69, 9.17) is 0 Å². The molecule has 1 fully saturated rings. The van der Waals surface area contributed by atoms with Crippen LogP contribution in [0.25, 0.3) is 0 Å². The number of nitrogens with zero attached hydrogens (tertiary/aromatic N) is 3. The molecule has 1 saturated carbocycles. The maximum atomic E-state index is 9.81. The summed E-state index contributed by atoms with van der Waals surface area (Å²) in [5.74, 6) is 1.34. The predicted molar refractivity (Wildman–Crippen MR) is 60.7 cm³/mol. The molecule has 2 unspecified atom stereocenters. The largest absolute Gasteiger partial charge is 0.393 e. The van der Waals surface area contributed by atoms with Crippen molar-refractivity contribution in [1.29, 1.82) is 0 Å². The quantitative estimate of drug-likeness (QED) is 0.779. The van der Waals surface area contributed by atoms with Crippen LogP contribution in [-0.2, 0) is 13.6 Å². The lowest BCUT2D eigenvalue weighted by molar-refractivity contribution is 0.0694. The Bertz CT molecular complexity index is 326. The predicted octanol–water partition coefficient (Wildman–Crippen LogP) is 0.456. The SMILES string of the molecule is Cn1ncnc1CNCC1CCCCC1O. The van der Waals surface area contributed by atoms with Crippen molar-refractivity contribution in [1.82, 2.24) is 20.1 Å². The fraction of sp³-hybridized carbons (Fsp3) is 0.818. The fourth-order valence-corrected chi connectivity index (χ4v) is 2.28. The lowest BCUT2D eigenvalue weighted by Crippen LogP contribution is -2.34. The second-order valence-corrected chi connectivity index (χ2v) is 4.54. The molecular formula is C11H20N4O. The van der Waals surface area contributed by atoms with Crippen molar-refractivity contribution in [2.24, 2.45) is 13.0 Å². The van der Waals surface area contributed by atoms with E-state index in [1.165, 1.54) is 12.8 Å². The highest BCUT2D eigenvalue weighted by molar-refractivity contribution is 4.83. The van der Waals surface area contributed by atoms with Crippen LogP contribution in [0.4, 0.5) is 0 Å². The van der Waals surface area contributed by atoms with Crippen molar-refractivity contribution >= 4 is 0 Å². The second-order valence-electron chi connectivity index (χ2n) is 4.54. The summed E-state index contributed by atoms with van der Waals surface area (Å²) >= 11 is 0. The Morgan fingerprint density at radius 1 is 1.50 bits per heavy atom. The highest BCUT2D eigenvalue weighted by Gasteiger charge is 2.22. The minimum Gasteiger partial charge on any atom is -0.393 e. The Morgan fingerprint density at radius 2 is 2.31 bits per heavy atom. The van der Waals surface area contributed by atoms with Crippen LogP contribution >= 0.6 is 0 Å². The molecule has 5 nitrogen and oxygen atoms in total. The standard InChI is InChI=1S/C11H20N4O/c1-15-11(13-8-14-15)7-12-6-9-4-2-3-5-10(9)16/h8-10,12,16H,2-7H2,1H3. The lowest BCUT2D eigenvalue weighted by Gasteiger charge is -2.27. The molecule has 0 aromatic carbocycles. The molecule has 5 heteroatoms. The molecule has 90 valence electrons. The van der Waals surface area contributed by atoms with E-state index in [2.05, 4.69) is 15.4 Å². The first-order valence-corrected chi connectivity index (χ1v) is 5.99. The van der Waals surface area contributed by atoms with Gasteiger partial charge in [0.05, 0.1) is 12.6 Å². The van der Waals surface area contributed by atoms with Crippen LogP contribution in [-0.4, -0.2) is 32.5 Å². The molecule has 2 atom stereocenters. The first kappa shape index (κ1) is 11.5. The summed E-state index contributed by atoms with van der Waals surface area (Å²) in [5.41, 5.74) is 0. The van der Waals surface area contributed by atoms with Gasteiger partial charge in [0.2, 0.25) is 0 Å². The molecule has 1 aromatic heterocycles. The Balaban J connectivity index is 1.73. The first-order valence-electron chi connectivity index (χ1n) is 5.99. The van der Waals surface area contributed by atoms with E-state index in [1.807, 2.05) is 7.05 Å². The Morgan fingerprint density at radius 3 is 3.00 bits per heavy atom. The third kappa shape index (κ3) is 2.80. The first-order chi connectivity index (χ1) is 7.77. The highest BCUT2D eigenvalue weighted by atomic mass is 16.3. The van der Waals surface area contributed by atoms with Gasteiger partial charge in [0.25, 0.3) is 0 Å². The zero-order valence-corrected chi connectivity index (χ0v) is 9.76. The molecule has 1 heterocycles. The minimum atomic E-state index is -0.124. The Kier molecular flexibility index (Phi) is 3.90. The molecule has 1 aliphatic rings. The summed E-state index contributed by atoms with van der Waals surface area (Å²) in [4.78, 5) is 4.14. The van der Waals surface area contributed by atoms with E-state index in [9.17, 15) is 5.11 Å². The molecule has 1 aliphatic carbocycles. The van der Waals surface area contributed by atoms with E-state index >= 15 is 0 Å². The number of nitrogens with one attached hydrogen (secondary N) is 1. The van der Waals surface area contributed by atoms with Crippen molar-refractivity contribution in [3.8, 4) is 0 Å². The van der Waals surface area contributed by atoms with Crippen LogP contribution in [0, 0.1) is 5.92 Å². The van der Waals surface area contributed by atoms with Gasteiger partial charge in [-0.25, -0.2) is 4.98 Å². The Hall–Kier alpha value is -0.940. The number of aromatic nitrogens is 3. The minimum absolute atomic E-state index is 0.124. The normalized spacial score (nSPS) is 25.9. The van der Waals surface area contributed by atoms with E-state index in [1.54, 1.807) is 11.0 Å². The van der Waals surface area contributed by atoms with Crippen molar-refractivity contribution in [2.45, 2.75) is 38.3 Å². The van der Waals surface area contributed by atoms with Crippen LogP contribution < -0.4 is 5.32 Å². The fourth-order valence-electron chi connectivity index (χ4n) is 2.28. The summed E-state index contributed by atoms with van der Waals surface area (Å²) in [6.07, 6.45) is 5.94. The number of aliphatic hydroxyl groups is 1. The maximum Gasteiger partial charge on any atom is 0.140 e. The number of aryl methyl sites for hydroxylation is 1. The van der Waals surface area contributed by atoms with Gasteiger partial charge in [-0.15, -0.1) is 0 Å². The van der Waals surface area contributed by atoms with Gasteiger partial charge in [0.1, 0.15) is 12.2 Å². The summed E-state index contributed by atoms with van der Waals surface area (Å²) in [6.45, 7) is 1.59. The van der Waals surface area contributed by atoms with Crippen molar-refractivity contribution in [3.63, 3.8) is 0 Å². The van der Waals surface area contributed by atoms with Crippen molar-refractivity contribution in [2.75, 3.05) is 6.54 Å². The van der Waals surface area contributed by atoms with Gasteiger partial charge in [-0.3, -0.25) is 4.68 Å². The molecule has 0 amide bonds. The van der Waals surface area contributed by atoms with Crippen LogP contribution in [0.2, 0.25) is 0 Å². The smallest absolute Gasteiger partial charge is 0.140 e. The number of hydrogen-bond acceptors (Lipinski definition) is 4. The molecule has 16 heavy (non-hydrogen) atoms. The number of hydrogen-bond donors (Lipinski definition) is 2. The third-order valence-corrected chi connectivity index (χ3v) is 3.36. The molecular weight excluding hydrogens is 204 g/mol. The summed E-state index contributed by atoms with van der Waals surface area (Å²) in [7, 11) is 1.89. The molecule has 0 radical (unpaired) electrons. The second kappa shape index (κ2) is 5.41. The molecule has 0 bridgehead atoms. The van der Waals surface area contributed by atoms with E-state index in [-0.39, 0.29) is 6.10 Å². The van der Waals surface area contributed by atoms with Crippen LogP contribution in [0.15, 0.2) is 6.33 Å². The van der Waals surface area contributed by atoms with Gasteiger partial charge in [-0.2, -0.15) is 5.10 Å². The third-order valence-electron chi connectivity index (χ3n) is 3.36.